The molecule has 5 heteroatoms. The van der Waals surface area contributed by atoms with Crippen LogP contribution in [0.4, 0.5) is 0 Å². The van der Waals surface area contributed by atoms with Gasteiger partial charge in [-0.25, -0.2) is 15.0 Å². The number of thiazole rings is 1. The van der Waals surface area contributed by atoms with Crippen LogP contribution in [0.2, 0.25) is 0 Å². The zero-order valence-corrected chi connectivity index (χ0v) is 9.50. The highest BCUT2D eigenvalue weighted by Crippen LogP contribution is 2.18. The minimum absolute atomic E-state index is 0.204. The van der Waals surface area contributed by atoms with E-state index >= 15 is 0 Å². The van der Waals surface area contributed by atoms with Gasteiger partial charge in [0.25, 0.3) is 0 Å². The third-order valence-corrected chi connectivity index (χ3v) is 3.16. The Morgan fingerprint density at radius 1 is 1.40 bits per heavy atom. The van der Waals surface area contributed by atoms with Crippen LogP contribution in [-0.2, 0) is 6.42 Å². The molecule has 2 N–H and O–H groups in total. The Morgan fingerprint density at radius 2 is 2.20 bits per heavy atom. The fourth-order valence-corrected chi connectivity index (χ4v) is 2.46. The van der Waals surface area contributed by atoms with Gasteiger partial charge in [-0.05, 0) is 6.42 Å². The van der Waals surface area contributed by atoms with Crippen molar-refractivity contribution >= 4 is 21.8 Å². The van der Waals surface area contributed by atoms with Gasteiger partial charge in [0.2, 0.25) is 0 Å². The zero-order valence-electron chi connectivity index (χ0n) is 8.68. The van der Waals surface area contributed by atoms with Crippen molar-refractivity contribution in [2.75, 3.05) is 0 Å². The van der Waals surface area contributed by atoms with E-state index in [-0.39, 0.29) is 6.04 Å². The van der Waals surface area contributed by atoms with Crippen LogP contribution in [-0.4, -0.2) is 21.0 Å². The van der Waals surface area contributed by atoms with Gasteiger partial charge in [-0.2, -0.15) is 0 Å². The van der Waals surface area contributed by atoms with Crippen LogP contribution in [0.1, 0.15) is 24.8 Å². The van der Waals surface area contributed by atoms with Gasteiger partial charge in [-0.3, -0.25) is 0 Å². The van der Waals surface area contributed by atoms with Crippen molar-refractivity contribution in [3.63, 3.8) is 0 Å². The van der Waals surface area contributed by atoms with E-state index in [1.54, 1.807) is 23.7 Å². The maximum absolute atomic E-state index is 5.96. The topological polar surface area (TPSA) is 64.7 Å². The van der Waals surface area contributed by atoms with Crippen LogP contribution in [0.3, 0.4) is 0 Å². The molecular formula is C10H14N4S. The van der Waals surface area contributed by atoms with Crippen molar-refractivity contribution in [3.8, 4) is 0 Å². The third kappa shape index (κ3) is 2.49. The predicted molar refractivity (Wildman–Crippen MR) is 61.8 cm³/mol. The Bertz CT molecular complexity index is 407. The molecule has 0 aliphatic heterocycles. The first-order valence-electron chi connectivity index (χ1n) is 5.11. The molecule has 0 saturated carbocycles. The maximum Gasteiger partial charge on any atom is 0.189 e. The van der Waals surface area contributed by atoms with E-state index < -0.39 is 0 Å². The molecule has 4 nitrogen and oxygen atoms in total. The van der Waals surface area contributed by atoms with Crippen LogP contribution in [0, 0.1) is 0 Å². The molecular weight excluding hydrogens is 208 g/mol. The summed E-state index contributed by atoms with van der Waals surface area (Å²) in [4.78, 5) is 13.7. The van der Waals surface area contributed by atoms with Crippen LogP contribution in [0.15, 0.2) is 12.4 Å². The second-order valence-corrected chi connectivity index (χ2v) is 4.61. The summed E-state index contributed by atoms with van der Waals surface area (Å²) in [5.41, 5.74) is 6.70. The molecule has 2 aromatic heterocycles. The Balaban J connectivity index is 2.15. The molecule has 0 amide bonds. The van der Waals surface area contributed by atoms with Crippen molar-refractivity contribution in [1.29, 1.82) is 0 Å². The molecule has 2 heterocycles. The normalized spacial score (nSPS) is 13.2. The second-order valence-electron chi connectivity index (χ2n) is 3.55. The largest absolute Gasteiger partial charge is 0.327 e. The van der Waals surface area contributed by atoms with Crippen molar-refractivity contribution in [2.45, 2.75) is 32.2 Å². The Labute approximate surface area is 92.6 Å². The molecule has 1 atom stereocenters. The zero-order chi connectivity index (χ0) is 10.7. The summed E-state index contributed by atoms with van der Waals surface area (Å²) in [6, 6.07) is 0.204. The van der Waals surface area contributed by atoms with Crippen molar-refractivity contribution in [2.24, 2.45) is 5.73 Å². The fraction of sp³-hybridized carbons (Fsp3) is 0.500. The van der Waals surface area contributed by atoms with E-state index in [4.69, 9.17) is 5.73 Å². The Morgan fingerprint density at radius 3 is 2.93 bits per heavy atom. The van der Waals surface area contributed by atoms with Crippen LogP contribution in [0.5, 0.6) is 0 Å². The summed E-state index contributed by atoms with van der Waals surface area (Å²) in [5, 5.41) is 1.04. The van der Waals surface area contributed by atoms with Crippen LogP contribution in [0.25, 0.3) is 10.5 Å². The predicted octanol–water partition coefficient (Wildman–Crippen LogP) is 1.76. The van der Waals surface area contributed by atoms with E-state index in [0.29, 0.717) is 0 Å². The van der Waals surface area contributed by atoms with Gasteiger partial charge in [0, 0.05) is 24.9 Å². The minimum Gasteiger partial charge on any atom is -0.327 e. The molecule has 1 unspecified atom stereocenters. The molecule has 0 fully saturated rings. The quantitative estimate of drug-likeness (QED) is 0.856. The lowest BCUT2D eigenvalue weighted by Gasteiger charge is -2.06. The van der Waals surface area contributed by atoms with Crippen molar-refractivity contribution in [1.82, 2.24) is 15.0 Å². The van der Waals surface area contributed by atoms with Gasteiger partial charge >= 0.3 is 0 Å². The van der Waals surface area contributed by atoms with E-state index in [9.17, 15) is 0 Å². The Hall–Kier alpha value is -1.07. The van der Waals surface area contributed by atoms with Gasteiger partial charge in [-0.15, -0.1) is 0 Å². The fourth-order valence-electron chi connectivity index (χ4n) is 1.50. The number of nitrogens with two attached hydrogens (primary N) is 1. The van der Waals surface area contributed by atoms with Gasteiger partial charge in [-0.1, -0.05) is 24.7 Å². The lowest BCUT2D eigenvalue weighted by molar-refractivity contribution is 0.599. The van der Waals surface area contributed by atoms with E-state index in [1.807, 2.05) is 0 Å². The van der Waals surface area contributed by atoms with E-state index in [0.717, 1.165) is 34.7 Å². The molecule has 0 bridgehead atoms. The summed E-state index contributed by atoms with van der Waals surface area (Å²) in [6.45, 7) is 2.14. The van der Waals surface area contributed by atoms with E-state index in [2.05, 4.69) is 21.9 Å². The highest BCUT2D eigenvalue weighted by atomic mass is 32.1. The second kappa shape index (κ2) is 4.63. The summed E-state index contributed by atoms with van der Waals surface area (Å²) in [6.07, 6.45) is 6.34. The molecule has 0 aliphatic rings. The van der Waals surface area contributed by atoms with Crippen LogP contribution >= 0.6 is 11.3 Å². The number of hydrogen-bond donors (Lipinski definition) is 1. The van der Waals surface area contributed by atoms with Gasteiger partial charge in [0.15, 0.2) is 10.5 Å². The third-order valence-electron chi connectivity index (χ3n) is 2.19. The molecule has 2 rings (SSSR count). The standard InChI is InChI=1S/C10H14N4S/c1-2-3-7(11)6-8-14-9-10(15-8)13-5-4-12-9/h4-5,7H,2-3,6,11H2,1H3. The number of nitrogens with zero attached hydrogens (tertiary/aromatic N) is 3. The Kier molecular flexibility index (Phi) is 3.23. The lowest BCUT2D eigenvalue weighted by atomic mass is 10.1. The smallest absolute Gasteiger partial charge is 0.189 e. The number of fused-ring (bicyclic) bond motifs is 1. The molecule has 0 aliphatic carbocycles. The summed E-state index contributed by atoms with van der Waals surface area (Å²) in [5.74, 6) is 0. The van der Waals surface area contributed by atoms with Gasteiger partial charge in [0.1, 0.15) is 0 Å². The molecule has 0 saturated heterocycles. The number of aromatic nitrogens is 3. The van der Waals surface area contributed by atoms with Crippen molar-refractivity contribution < 1.29 is 0 Å². The minimum atomic E-state index is 0.204. The van der Waals surface area contributed by atoms with Gasteiger partial charge < -0.3 is 5.73 Å². The van der Waals surface area contributed by atoms with Gasteiger partial charge in [0.05, 0.1) is 5.01 Å². The first-order valence-corrected chi connectivity index (χ1v) is 5.93. The lowest BCUT2D eigenvalue weighted by Crippen LogP contribution is -2.22. The monoisotopic (exact) mass is 222 g/mol. The average Bonchev–Trinajstić information content (AvgIpc) is 2.59. The first-order chi connectivity index (χ1) is 7.29. The maximum atomic E-state index is 5.96. The molecule has 0 radical (unpaired) electrons. The molecule has 80 valence electrons. The molecule has 2 aromatic rings. The van der Waals surface area contributed by atoms with Crippen LogP contribution < -0.4 is 5.73 Å². The molecule has 0 spiro atoms. The SMILES string of the molecule is CCCC(N)Cc1nc2nccnc2s1. The molecule has 15 heavy (non-hydrogen) atoms. The highest BCUT2D eigenvalue weighted by Gasteiger charge is 2.09. The van der Waals surface area contributed by atoms with E-state index in [1.165, 1.54) is 0 Å². The summed E-state index contributed by atoms with van der Waals surface area (Å²) < 4.78 is 0. The van der Waals surface area contributed by atoms with Crippen molar-refractivity contribution in [3.05, 3.63) is 17.4 Å². The summed E-state index contributed by atoms with van der Waals surface area (Å²) >= 11 is 1.59. The first kappa shape index (κ1) is 10.4. The number of rotatable bonds is 4. The summed E-state index contributed by atoms with van der Waals surface area (Å²) in [7, 11) is 0. The molecule has 0 aromatic carbocycles. The average molecular weight is 222 g/mol. The number of hydrogen-bond acceptors (Lipinski definition) is 5. The highest BCUT2D eigenvalue weighted by molar-refractivity contribution is 7.18.